The third-order valence-electron chi connectivity index (χ3n) is 6.99. The van der Waals surface area contributed by atoms with Gasteiger partial charge in [-0.15, -0.1) is 11.3 Å². The molecule has 31 heavy (non-hydrogen) atoms. The molecule has 1 aromatic carbocycles. The number of nitrogens with zero attached hydrogens (tertiary/aromatic N) is 2. The van der Waals surface area contributed by atoms with Gasteiger partial charge in [0.25, 0.3) is 0 Å². The first kappa shape index (κ1) is 21.1. The van der Waals surface area contributed by atoms with Gasteiger partial charge >= 0.3 is 0 Å². The van der Waals surface area contributed by atoms with Crippen LogP contribution in [0.25, 0.3) is 0 Å². The van der Waals surface area contributed by atoms with Gasteiger partial charge in [-0.2, -0.15) is 0 Å². The van der Waals surface area contributed by atoms with Crippen LogP contribution >= 0.6 is 11.3 Å². The van der Waals surface area contributed by atoms with Crippen molar-refractivity contribution >= 4 is 17.2 Å². The Balaban J connectivity index is 1.14. The number of hydroxylamine groups is 2. The number of carbonyl (C=O) groups is 1. The summed E-state index contributed by atoms with van der Waals surface area (Å²) < 4.78 is 5.15. The molecule has 1 saturated carbocycles. The summed E-state index contributed by atoms with van der Waals surface area (Å²) in [4.78, 5) is 23.5. The average Bonchev–Trinajstić information content (AvgIpc) is 3.41. The molecule has 0 unspecified atom stereocenters. The number of hydrogen-bond acceptors (Lipinski definition) is 6. The van der Waals surface area contributed by atoms with Crippen LogP contribution in [0.2, 0.25) is 0 Å². The van der Waals surface area contributed by atoms with Crippen LogP contribution in [0, 0.1) is 18.8 Å². The zero-order chi connectivity index (χ0) is 21.4. The van der Waals surface area contributed by atoms with Crippen molar-refractivity contribution in [3.8, 4) is 0 Å². The third kappa shape index (κ3) is 4.29. The lowest BCUT2D eigenvalue weighted by molar-refractivity contribution is -0.184. The second-order valence-electron chi connectivity index (χ2n) is 9.24. The number of benzene rings is 1. The average molecular weight is 443 g/mol. The zero-order valence-electron chi connectivity index (χ0n) is 18.0. The van der Waals surface area contributed by atoms with Gasteiger partial charge in [-0.3, -0.25) is 9.63 Å². The quantitative estimate of drug-likeness (QED) is 0.760. The molecule has 0 spiro atoms. The summed E-state index contributed by atoms with van der Waals surface area (Å²) in [6, 6.07) is 8.27. The molecule has 1 N–H and O–H groups in total. The Morgan fingerprint density at radius 3 is 2.55 bits per heavy atom. The van der Waals surface area contributed by atoms with Crippen molar-refractivity contribution in [3.05, 3.63) is 51.5 Å². The summed E-state index contributed by atoms with van der Waals surface area (Å²) in [6.45, 7) is 3.34. The molecular formula is C24H30N2O4S. The van der Waals surface area contributed by atoms with Crippen molar-refractivity contribution in [2.24, 2.45) is 11.8 Å². The van der Waals surface area contributed by atoms with E-state index in [0.29, 0.717) is 25.7 Å². The van der Waals surface area contributed by atoms with E-state index in [2.05, 4.69) is 17.1 Å². The molecule has 0 radical (unpaired) electrons. The summed E-state index contributed by atoms with van der Waals surface area (Å²) in [6.07, 6.45) is 5.80. The van der Waals surface area contributed by atoms with Gasteiger partial charge in [0.1, 0.15) is 11.6 Å². The molecule has 1 atom stereocenters. The number of amides is 1. The molecule has 3 aliphatic rings. The first-order valence-corrected chi connectivity index (χ1v) is 12.2. The van der Waals surface area contributed by atoms with Crippen molar-refractivity contribution < 1.29 is 19.5 Å². The van der Waals surface area contributed by atoms with Crippen molar-refractivity contribution in [1.82, 2.24) is 10.0 Å². The highest BCUT2D eigenvalue weighted by molar-refractivity contribution is 7.09. The monoisotopic (exact) mass is 442 g/mol. The molecule has 2 aliphatic heterocycles. The molecule has 3 heterocycles. The maximum absolute atomic E-state index is 13.2. The Labute approximate surface area is 187 Å². The molecule has 1 amide bonds. The number of thiazole rings is 1. The van der Waals surface area contributed by atoms with Gasteiger partial charge in [0.2, 0.25) is 5.91 Å². The molecule has 0 bridgehead atoms. The number of hydrogen-bond donors (Lipinski definition) is 1. The van der Waals surface area contributed by atoms with Crippen LogP contribution < -0.4 is 0 Å². The number of rotatable bonds is 5. The number of carbonyl (C=O) groups excluding carboxylic acids is 1. The standard InChI is InChI=1S/C24H30N2O4S/c1-16-25-21(13-31-16)22-10-11-30-26(22)23(27)19-6-2-17(3-7-19)12-18-4-8-20(9-5-18)24(28)14-29-15-24/h4-5,8-9,13,17,19,22,28H,2-3,6-7,10-12,14-15H2,1H3/t17?,19?,22-/m0/s1. The maximum atomic E-state index is 13.2. The fourth-order valence-electron chi connectivity index (χ4n) is 5.03. The van der Waals surface area contributed by atoms with Gasteiger partial charge in [-0.1, -0.05) is 24.3 Å². The van der Waals surface area contributed by atoms with E-state index in [9.17, 15) is 9.90 Å². The van der Waals surface area contributed by atoms with Crippen LogP contribution in [-0.2, 0) is 26.4 Å². The third-order valence-corrected chi connectivity index (χ3v) is 7.79. The molecule has 7 heteroatoms. The molecule has 2 aromatic rings. The van der Waals surface area contributed by atoms with E-state index in [1.165, 1.54) is 5.56 Å². The van der Waals surface area contributed by atoms with Crippen LogP contribution in [0.1, 0.15) is 60.0 Å². The number of ether oxygens (including phenoxy) is 1. The van der Waals surface area contributed by atoms with E-state index >= 15 is 0 Å². The van der Waals surface area contributed by atoms with E-state index in [4.69, 9.17) is 9.57 Å². The van der Waals surface area contributed by atoms with Gasteiger partial charge in [0, 0.05) is 17.7 Å². The highest BCUT2D eigenvalue weighted by Gasteiger charge is 2.39. The van der Waals surface area contributed by atoms with Crippen molar-refractivity contribution in [2.75, 3.05) is 19.8 Å². The van der Waals surface area contributed by atoms with E-state index in [0.717, 1.165) is 54.8 Å². The summed E-state index contributed by atoms with van der Waals surface area (Å²) in [5, 5.41) is 15.1. The fourth-order valence-corrected chi connectivity index (χ4v) is 5.69. The summed E-state index contributed by atoms with van der Waals surface area (Å²) in [5.41, 5.74) is 2.39. The topological polar surface area (TPSA) is 71.9 Å². The van der Waals surface area contributed by atoms with Crippen molar-refractivity contribution in [3.63, 3.8) is 0 Å². The van der Waals surface area contributed by atoms with E-state index in [1.807, 2.05) is 24.4 Å². The number of aromatic nitrogens is 1. The summed E-state index contributed by atoms with van der Waals surface area (Å²) in [5.74, 6) is 0.778. The van der Waals surface area contributed by atoms with Crippen molar-refractivity contribution in [1.29, 1.82) is 0 Å². The van der Waals surface area contributed by atoms with Crippen LogP contribution in [0.15, 0.2) is 29.6 Å². The number of aliphatic hydroxyl groups is 1. The first-order chi connectivity index (χ1) is 15.0. The van der Waals surface area contributed by atoms with Gasteiger partial charge in [0.15, 0.2) is 0 Å². The SMILES string of the molecule is Cc1nc([C@@H]2CCON2C(=O)C2CCC(Cc3ccc(C4(O)COC4)cc3)CC2)cs1. The van der Waals surface area contributed by atoms with Crippen LogP contribution in [0.4, 0.5) is 0 Å². The van der Waals surface area contributed by atoms with E-state index in [1.54, 1.807) is 16.4 Å². The smallest absolute Gasteiger partial charge is 0.249 e. The lowest BCUT2D eigenvalue weighted by Crippen LogP contribution is -2.46. The second-order valence-corrected chi connectivity index (χ2v) is 10.3. The van der Waals surface area contributed by atoms with E-state index in [-0.39, 0.29) is 17.9 Å². The fraction of sp³-hybridized carbons (Fsp3) is 0.583. The lowest BCUT2D eigenvalue weighted by Gasteiger charge is -2.36. The molecule has 1 aromatic heterocycles. The first-order valence-electron chi connectivity index (χ1n) is 11.3. The zero-order valence-corrected chi connectivity index (χ0v) is 18.8. The second kappa shape index (κ2) is 8.62. The molecule has 2 saturated heterocycles. The molecule has 5 rings (SSSR count). The highest BCUT2D eigenvalue weighted by Crippen LogP contribution is 2.37. The molecule has 1 aliphatic carbocycles. The van der Waals surface area contributed by atoms with Crippen LogP contribution in [0.3, 0.4) is 0 Å². The van der Waals surface area contributed by atoms with Crippen LogP contribution in [0.5, 0.6) is 0 Å². The minimum atomic E-state index is -0.802. The Morgan fingerprint density at radius 2 is 1.94 bits per heavy atom. The Bertz CT molecular complexity index is 916. The van der Waals surface area contributed by atoms with Gasteiger partial charge in [0.05, 0.1) is 30.5 Å². The normalized spacial score (nSPS) is 27.8. The minimum absolute atomic E-state index is 0.0374. The highest BCUT2D eigenvalue weighted by atomic mass is 32.1. The van der Waals surface area contributed by atoms with E-state index < -0.39 is 5.60 Å². The Morgan fingerprint density at radius 1 is 1.19 bits per heavy atom. The molecule has 6 nitrogen and oxygen atoms in total. The maximum Gasteiger partial charge on any atom is 0.249 e. The predicted octanol–water partition coefficient (Wildman–Crippen LogP) is 3.92. The van der Waals surface area contributed by atoms with Gasteiger partial charge in [-0.25, -0.2) is 10.0 Å². The summed E-state index contributed by atoms with van der Waals surface area (Å²) >= 11 is 1.62. The lowest BCUT2D eigenvalue weighted by atomic mass is 9.78. The molecule has 3 fully saturated rings. The van der Waals surface area contributed by atoms with Gasteiger partial charge in [-0.05, 0) is 56.1 Å². The minimum Gasteiger partial charge on any atom is -0.380 e. The van der Waals surface area contributed by atoms with Gasteiger partial charge < -0.3 is 9.84 Å². The summed E-state index contributed by atoms with van der Waals surface area (Å²) in [7, 11) is 0. The largest absolute Gasteiger partial charge is 0.380 e. The molecular weight excluding hydrogens is 412 g/mol. The molecule has 166 valence electrons. The predicted molar refractivity (Wildman–Crippen MR) is 117 cm³/mol. The Kier molecular flexibility index (Phi) is 5.86. The van der Waals surface area contributed by atoms with Crippen LogP contribution in [-0.4, -0.2) is 40.9 Å². The Hall–Kier alpha value is -1.80. The number of aryl methyl sites for hydroxylation is 1. The van der Waals surface area contributed by atoms with Crippen molar-refractivity contribution in [2.45, 2.75) is 57.1 Å².